The Kier molecular flexibility index (Phi) is 5.54. The van der Waals surface area contributed by atoms with Crippen molar-refractivity contribution in [3.63, 3.8) is 0 Å². The molecule has 0 aliphatic heterocycles. The van der Waals surface area contributed by atoms with Gasteiger partial charge in [-0.25, -0.2) is 4.79 Å². The van der Waals surface area contributed by atoms with Crippen LogP contribution in [-0.2, 0) is 9.53 Å². The number of allylic oxidation sites excluding steroid dienone is 1. The molecule has 0 rings (SSSR count). The Balaban J connectivity index is 4.15. The minimum absolute atomic E-state index is 0.117. The summed E-state index contributed by atoms with van der Waals surface area (Å²) in [4.78, 5) is 10.9. The summed E-state index contributed by atoms with van der Waals surface area (Å²) in [6.45, 7) is 4.58. The van der Waals surface area contributed by atoms with Crippen molar-refractivity contribution in [2.45, 2.75) is 20.3 Å². The molecule has 0 radical (unpaired) electrons. The normalized spacial score (nSPS) is 12.0. The van der Waals surface area contributed by atoms with Crippen LogP contribution >= 0.6 is 11.6 Å². The van der Waals surface area contributed by atoms with Crippen LogP contribution in [-0.4, -0.2) is 19.6 Å². The zero-order valence-electron chi connectivity index (χ0n) is 7.61. The molecule has 4 heteroatoms. The molecule has 0 spiro atoms. The second-order valence-electron chi connectivity index (χ2n) is 2.36. The number of halogens is 1. The van der Waals surface area contributed by atoms with Gasteiger partial charge >= 0.3 is 5.97 Å². The highest BCUT2D eigenvalue weighted by molar-refractivity contribution is 6.41. The zero-order chi connectivity index (χ0) is 9.56. The van der Waals surface area contributed by atoms with E-state index in [0.717, 1.165) is 13.0 Å². The van der Waals surface area contributed by atoms with Gasteiger partial charge in [0.15, 0.2) is 0 Å². The van der Waals surface area contributed by atoms with E-state index in [1.165, 1.54) is 7.11 Å². The van der Waals surface area contributed by atoms with Crippen LogP contribution in [0.4, 0.5) is 0 Å². The molecule has 0 aromatic heterocycles. The van der Waals surface area contributed by atoms with Crippen molar-refractivity contribution in [1.29, 1.82) is 0 Å². The lowest BCUT2D eigenvalue weighted by Crippen LogP contribution is -2.15. The van der Waals surface area contributed by atoms with Gasteiger partial charge < -0.3 is 10.1 Å². The minimum atomic E-state index is -0.502. The maximum Gasteiger partial charge on any atom is 0.351 e. The van der Waals surface area contributed by atoms with E-state index < -0.39 is 5.97 Å². The lowest BCUT2D eigenvalue weighted by Gasteiger charge is -2.06. The predicted octanol–water partition coefficient (Wildman–Crippen LogP) is 1.63. The summed E-state index contributed by atoms with van der Waals surface area (Å²) in [7, 11) is 1.30. The largest absolute Gasteiger partial charge is 0.465 e. The number of hydrogen-bond donors (Lipinski definition) is 1. The fourth-order valence-corrected chi connectivity index (χ4v) is 0.777. The quantitative estimate of drug-likeness (QED) is 0.542. The van der Waals surface area contributed by atoms with Gasteiger partial charge in [0.05, 0.1) is 7.11 Å². The molecule has 0 heterocycles. The molecule has 1 N–H and O–H groups in total. The van der Waals surface area contributed by atoms with Gasteiger partial charge in [-0.15, -0.1) is 0 Å². The van der Waals surface area contributed by atoms with Crippen molar-refractivity contribution in [3.05, 3.63) is 10.7 Å². The van der Waals surface area contributed by atoms with Gasteiger partial charge in [0.25, 0.3) is 0 Å². The van der Waals surface area contributed by atoms with Crippen LogP contribution in [0.1, 0.15) is 20.3 Å². The molecule has 70 valence electrons. The topological polar surface area (TPSA) is 38.3 Å². The fourth-order valence-electron chi connectivity index (χ4n) is 0.633. The van der Waals surface area contributed by atoms with Crippen LogP contribution in [0.5, 0.6) is 0 Å². The van der Waals surface area contributed by atoms with Gasteiger partial charge in [0, 0.05) is 12.2 Å². The summed E-state index contributed by atoms with van der Waals surface area (Å²) in [5.74, 6) is -0.502. The number of rotatable bonds is 4. The lowest BCUT2D eigenvalue weighted by atomic mass is 10.4. The second-order valence-corrected chi connectivity index (χ2v) is 2.74. The van der Waals surface area contributed by atoms with Crippen LogP contribution in [0.3, 0.4) is 0 Å². The standard InChI is InChI=1S/C8H14ClNO2/c1-4-5-10-6(2)7(9)8(11)12-3/h10H,4-5H2,1-3H3/b7-6+. The van der Waals surface area contributed by atoms with Crippen molar-refractivity contribution < 1.29 is 9.53 Å². The Morgan fingerprint density at radius 2 is 2.17 bits per heavy atom. The predicted molar refractivity (Wildman–Crippen MR) is 48.9 cm³/mol. The van der Waals surface area contributed by atoms with Crippen LogP contribution in [0.25, 0.3) is 0 Å². The van der Waals surface area contributed by atoms with Crippen molar-refractivity contribution in [2.24, 2.45) is 0 Å². The first kappa shape index (κ1) is 11.3. The Morgan fingerprint density at radius 3 is 2.58 bits per heavy atom. The third-order valence-electron chi connectivity index (χ3n) is 1.33. The van der Waals surface area contributed by atoms with E-state index in [-0.39, 0.29) is 5.03 Å². The Morgan fingerprint density at radius 1 is 1.58 bits per heavy atom. The van der Waals surface area contributed by atoms with Gasteiger partial charge in [0.1, 0.15) is 5.03 Å². The van der Waals surface area contributed by atoms with Crippen molar-refractivity contribution >= 4 is 17.6 Å². The Hall–Kier alpha value is -0.700. The molecule has 0 fully saturated rings. The van der Waals surface area contributed by atoms with Crippen molar-refractivity contribution in [1.82, 2.24) is 5.32 Å². The van der Waals surface area contributed by atoms with Gasteiger partial charge in [-0.2, -0.15) is 0 Å². The van der Waals surface area contributed by atoms with Gasteiger partial charge in [-0.3, -0.25) is 0 Å². The number of methoxy groups -OCH3 is 1. The SMILES string of the molecule is CCCN/C(C)=C(/Cl)C(=O)OC. The third kappa shape index (κ3) is 3.62. The summed E-state index contributed by atoms with van der Waals surface area (Å²) in [6, 6.07) is 0. The van der Waals surface area contributed by atoms with Crippen LogP contribution < -0.4 is 5.32 Å². The second kappa shape index (κ2) is 5.89. The molecule has 0 saturated heterocycles. The highest BCUT2D eigenvalue weighted by Gasteiger charge is 2.09. The molecule has 0 aromatic rings. The average molecular weight is 192 g/mol. The number of esters is 1. The van der Waals surface area contributed by atoms with Gasteiger partial charge in [-0.1, -0.05) is 18.5 Å². The van der Waals surface area contributed by atoms with E-state index in [1.807, 2.05) is 6.92 Å². The molecular formula is C8H14ClNO2. The first-order valence-electron chi connectivity index (χ1n) is 3.82. The molecule has 0 unspecified atom stereocenters. The summed E-state index contributed by atoms with van der Waals surface area (Å²) in [6.07, 6.45) is 0.989. The van der Waals surface area contributed by atoms with Crippen LogP contribution in [0, 0.1) is 0 Å². The molecule has 0 aliphatic rings. The molecule has 3 nitrogen and oxygen atoms in total. The van der Waals surface area contributed by atoms with E-state index >= 15 is 0 Å². The maximum atomic E-state index is 10.9. The van der Waals surface area contributed by atoms with Crippen molar-refractivity contribution in [2.75, 3.05) is 13.7 Å². The summed E-state index contributed by atoms with van der Waals surface area (Å²) in [5, 5.41) is 3.11. The highest BCUT2D eigenvalue weighted by Crippen LogP contribution is 2.08. The minimum Gasteiger partial charge on any atom is -0.465 e. The highest BCUT2D eigenvalue weighted by atomic mass is 35.5. The molecule has 0 saturated carbocycles. The molecule has 0 aromatic carbocycles. The fraction of sp³-hybridized carbons (Fsp3) is 0.625. The van der Waals surface area contributed by atoms with E-state index in [9.17, 15) is 4.79 Å². The van der Waals surface area contributed by atoms with Gasteiger partial charge in [-0.05, 0) is 13.3 Å². The van der Waals surface area contributed by atoms with Gasteiger partial charge in [0.2, 0.25) is 0 Å². The van der Waals surface area contributed by atoms with E-state index in [0.29, 0.717) is 5.70 Å². The van der Waals surface area contributed by atoms with E-state index in [4.69, 9.17) is 11.6 Å². The lowest BCUT2D eigenvalue weighted by molar-refractivity contribution is -0.135. The zero-order valence-corrected chi connectivity index (χ0v) is 8.36. The van der Waals surface area contributed by atoms with Crippen molar-refractivity contribution in [3.8, 4) is 0 Å². The number of nitrogens with one attached hydrogen (secondary N) is 1. The molecule has 0 amide bonds. The van der Waals surface area contributed by atoms with E-state index in [2.05, 4.69) is 10.1 Å². The molecule has 0 atom stereocenters. The molecule has 0 aliphatic carbocycles. The monoisotopic (exact) mass is 191 g/mol. The van der Waals surface area contributed by atoms with E-state index in [1.54, 1.807) is 6.92 Å². The number of hydrogen-bond acceptors (Lipinski definition) is 3. The Bertz CT molecular complexity index is 189. The maximum absolute atomic E-state index is 10.9. The first-order valence-corrected chi connectivity index (χ1v) is 4.19. The first-order chi connectivity index (χ1) is 5.63. The summed E-state index contributed by atoms with van der Waals surface area (Å²) < 4.78 is 4.44. The number of carbonyl (C=O) groups excluding carboxylic acids is 1. The van der Waals surface area contributed by atoms with Crippen LogP contribution in [0.15, 0.2) is 10.7 Å². The smallest absolute Gasteiger partial charge is 0.351 e. The number of carbonyl (C=O) groups is 1. The van der Waals surface area contributed by atoms with Crippen LogP contribution in [0.2, 0.25) is 0 Å². The third-order valence-corrected chi connectivity index (χ3v) is 1.77. The summed E-state index contributed by atoms with van der Waals surface area (Å²) in [5.41, 5.74) is 0.658. The summed E-state index contributed by atoms with van der Waals surface area (Å²) >= 11 is 5.66. The Labute approximate surface area is 77.7 Å². The molecule has 12 heavy (non-hydrogen) atoms. The molecule has 0 bridgehead atoms. The average Bonchev–Trinajstić information content (AvgIpc) is 2.11. The number of ether oxygens (including phenoxy) is 1. The molecular weight excluding hydrogens is 178 g/mol.